The van der Waals surface area contributed by atoms with E-state index in [1.807, 2.05) is 0 Å². The fourth-order valence-corrected chi connectivity index (χ4v) is 5.68. The van der Waals surface area contributed by atoms with E-state index in [4.69, 9.17) is 26.6 Å². The van der Waals surface area contributed by atoms with Crippen LogP contribution in [0.2, 0.25) is 12.1 Å². The van der Waals surface area contributed by atoms with E-state index >= 15 is 0 Å². The summed E-state index contributed by atoms with van der Waals surface area (Å²) in [5.41, 5.74) is 0. The highest BCUT2D eigenvalue weighted by Gasteiger charge is 2.37. The molecule has 8 nitrogen and oxygen atoms in total. The third kappa shape index (κ3) is 8.67. The highest BCUT2D eigenvalue weighted by Crippen LogP contribution is 2.15. The Bertz CT molecular complexity index is 239. The molecule has 0 atom stereocenters. The van der Waals surface area contributed by atoms with Gasteiger partial charge < -0.3 is 37.2 Å². The fourth-order valence-electron chi connectivity index (χ4n) is 2.24. The van der Waals surface area contributed by atoms with Crippen LogP contribution in [0.1, 0.15) is 12.8 Å². The van der Waals surface area contributed by atoms with Crippen molar-refractivity contribution in [3.05, 3.63) is 0 Å². The summed E-state index contributed by atoms with van der Waals surface area (Å²) in [5, 5.41) is 6.66. The van der Waals surface area contributed by atoms with Crippen molar-refractivity contribution in [2.45, 2.75) is 24.9 Å². The molecule has 0 unspecified atom stereocenters. The van der Waals surface area contributed by atoms with Crippen molar-refractivity contribution < 1.29 is 26.6 Å². The highest BCUT2D eigenvalue weighted by atomic mass is 28.4. The van der Waals surface area contributed by atoms with E-state index < -0.39 is 17.6 Å². The molecule has 0 bridgehead atoms. The van der Waals surface area contributed by atoms with Crippen molar-refractivity contribution in [2.75, 3.05) is 62.4 Å². The molecule has 0 aromatic rings. The Labute approximate surface area is 142 Å². The number of nitrogens with one attached hydrogen (secondary N) is 2. The lowest BCUT2D eigenvalue weighted by molar-refractivity contribution is 0.122. The van der Waals surface area contributed by atoms with Gasteiger partial charge in [0.05, 0.1) is 0 Å². The van der Waals surface area contributed by atoms with E-state index in [0.29, 0.717) is 0 Å². The summed E-state index contributed by atoms with van der Waals surface area (Å²) in [6.45, 7) is 2.51. The van der Waals surface area contributed by atoms with Gasteiger partial charge in [0.15, 0.2) is 0 Å². The van der Waals surface area contributed by atoms with Crippen LogP contribution in [0.5, 0.6) is 0 Å². The normalized spacial score (nSPS) is 12.8. The molecule has 0 amide bonds. The van der Waals surface area contributed by atoms with Gasteiger partial charge in [-0.15, -0.1) is 0 Å². The molecule has 0 aromatic carbocycles. The Hall–Kier alpha value is 0.114. The molecule has 0 aliphatic rings. The maximum atomic E-state index is 5.38. The van der Waals surface area contributed by atoms with Crippen molar-refractivity contribution in [2.24, 2.45) is 0 Å². The zero-order valence-corrected chi connectivity index (χ0v) is 17.4. The molecule has 0 aliphatic carbocycles. The Morgan fingerprint density at radius 1 is 0.565 bits per heavy atom. The topological polar surface area (TPSA) is 79.4 Å². The Morgan fingerprint density at radius 3 is 1.13 bits per heavy atom. The number of rotatable bonds is 16. The van der Waals surface area contributed by atoms with Crippen LogP contribution >= 0.6 is 0 Å². The molecular weight excluding hydrogens is 336 g/mol. The first-order valence-electron chi connectivity index (χ1n) is 7.80. The first-order chi connectivity index (χ1) is 11.1. The van der Waals surface area contributed by atoms with Crippen LogP contribution < -0.4 is 10.6 Å². The summed E-state index contributed by atoms with van der Waals surface area (Å²) < 4.78 is 32.3. The van der Waals surface area contributed by atoms with E-state index in [1.165, 1.54) is 0 Å². The first-order valence-corrected chi connectivity index (χ1v) is 11.7. The van der Waals surface area contributed by atoms with Crippen LogP contribution in [0.15, 0.2) is 0 Å². The Balaban J connectivity index is 3.64. The van der Waals surface area contributed by atoms with Gasteiger partial charge in [0.2, 0.25) is 0 Å². The van der Waals surface area contributed by atoms with Crippen molar-refractivity contribution in [3.63, 3.8) is 0 Å². The maximum absolute atomic E-state index is 5.38. The average Bonchev–Trinajstić information content (AvgIpc) is 2.61. The molecule has 0 radical (unpaired) electrons. The maximum Gasteiger partial charge on any atom is 0.500 e. The van der Waals surface area contributed by atoms with Gasteiger partial charge in [0.25, 0.3) is 0 Å². The molecule has 23 heavy (non-hydrogen) atoms. The molecule has 140 valence electrons. The third-order valence-corrected chi connectivity index (χ3v) is 9.45. The summed E-state index contributed by atoms with van der Waals surface area (Å²) in [5.74, 6) is 0. The molecule has 10 heteroatoms. The third-order valence-electron chi connectivity index (χ3n) is 3.79. The van der Waals surface area contributed by atoms with Gasteiger partial charge in [-0.25, -0.2) is 0 Å². The van der Waals surface area contributed by atoms with Crippen LogP contribution in [0.25, 0.3) is 0 Å². The van der Waals surface area contributed by atoms with E-state index in [1.54, 1.807) is 42.7 Å². The number of hydrogen-bond acceptors (Lipinski definition) is 8. The highest BCUT2D eigenvalue weighted by molar-refractivity contribution is 6.60. The van der Waals surface area contributed by atoms with Crippen LogP contribution in [0, 0.1) is 0 Å². The minimum atomic E-state index is -2.43. The molecule has 2 N–H and O–H groups in total. The molecule has 0 fully saturated rings. The Morgan fingerprint density at radius 2 is 0.870 bits per heavy atom. The lowest BCUT2D eigenvalue weighted by Crippen LogP contribution is -2.43. The molecule has 0 aromatic heterocycles. The van der Waals surface area contributed by atoms with Crippen LogP contribution in [0.4, 0.5) is 0 Å². The van der Waals surface area contributed by atoms with Crippen LogP contribution in [-0.2, 0) is 26.6 Å². The minimum absolute atomic E-state index is 0.753. The van der Waals surface area contributed by atoms with Crippen molar-refractivity contribution in [1.29, 1.82) is 0 Å². The SMILES string of the molecule is CO[Si](CCCNCNCCC[Si](OC)(OC)OC)(OC)OC. The zero-order chi connectivity index (χ0) is 17.6. The van der Waals surface area contributed by atoms with Gasteiger partial charge >= 0.3 is 17.6 Å². The van der Waals surface area contributed by atoms with Gasteiger partial charge in [-0.1, -0.05) is 0 Å². The van der Waals surface area contributed by atoms with Gasteiger partial charge in [-0.3, -0.25) is 0 Å². The summed E-state index contributed by atoms with van der Waals surface area (Å²) in [6.07, 6.45) is 1.88. The lowest BCUT2D eigenvalue weighted by Gasteiger charge is -2.24. The zero-order valence-electron chi connectivity index (χ0n) is 15.4. The summed E-state index contributed by atoms with van der Waals surface area (Å²) in [4.78, 5) is 0. The average molecular weight is 371 g/mol. The second-order valence-electron chi connectivity index (χ2n) is 4.97. The molecule has 0 rings (SSSR count). The van der Waals surface area contributed by atoms with Gasteiger partial charge in [-0.2, -0.15) is 0 Å². The van der Waals surface area contributed by atoms with Crippen LogP contribution in [-0.4, -0.2) is 80.0 Å². The van der Waals surface area contributed by atoms with E-state index in [-0.39, 0.29) is 0 Å². The monoisotopic (exact) mass is 370 g/mol. The molecule has 0 spiro atoms. The van der Waals surface area contributed by atoms with Gasteiger partial charge in [0.1, 0.15) is 0 Å². The second kappa shape index (κ2) is 13.4. The Kier molecular flexibility index (Phi) is 13.5. The van der Waals surface area contributed by atoms with E-state index in [2.05, 4.69) is 10.6 Å². The fraction of sp³-hybridized carbons (Fsp3) is 1.00. The number of hydrogen-bond donors (Lipinski definition) is 2. The molecule has 0 saturated heterocycles. The smallest absolute Gasteiger partial charge is 0.377 e. The lowest BCUT2D eigenvalue weighted by atomic mass is 10.5. The van der Waals surface area contributed by atoms with Crippen molar-refractivity contribution >= 4 is 17.6 Å². The second-order valence-corrected chi connectivity index (χ2v) is 11.2. The molecule has 0 heterocycles. The summed E-state index contributed by atoms with van der Waals surface area (Å²) in [6, 6.07) is 1.60. The standard InChI is InChI=1S/C13H34N2O6Si2/c1-16-22(17-2,18-3)11-7-9-14-13-15-10-8-12-23(19-4,20-5)21-6/h14-15H,7-13H2,1-6H3. The van der Waals surface area contributed by atoms with Gasteiger partial charge in [0, 0.05) is 61.4 Å². The van der Waals surface area contributed by atoms with Gasteiger partial charge in [-0.05, 0) is 25.9 Å². The molecular formula is C13H34N2O6Si2. The van der Waals surface area contributed by atoms with Crippen molar-refractivity contribution in [1.82, 2.24) is 10.6 Å². The molecule has 0 saturated carbocycles. The predicted molar refractivity (Wildman–Crippen MR) is 93.3 cm³/mol. The summed E-state index contributed by atoms with van der Waals surface area (Å²) >= 11 is 0. The van der Waals surface area contributed by atoms with Crippen molar-refractivity contribution in [3.8, 4) is 0 Å². The summed E-state index contributed by atoms with van der Waals surface area (Å²) in [7, 11) is 4.96. The van der Waals surface area contributed by atoms with E-state index in [0.717, 1.165) is 44.7 Å². The minimum Gasteiger partial charge on any atom is -0.377 e. The van der Waals surface area contributed by atoms with E-state index in [9.17, 15) is 0 Å². The first kappa shape index (κ1) is 23.1. The largest absolute Gasteiger partial charge is 0.500 e. The quantitative estimate of drug-likeness (QED) is 0.233. The molecule has 0 aliphatic heterocycles. The predicted octanol–water partition coefficient (Wildman–Crippen LogP) is 0.660. The van der Waals surface area contributed by atoms with Crippen LogP contribution in [0.3, 0.4) is 0 Å².